The molecule has 0 unspecified atom stereocenters. The Morgan fingerprint density at radius 3 is 2.28 bits per heavy atom. The second-order valence-corrected chi connectivity index (χ2v) is 4.11. The first kappa shape index (κ1) is 12.6. The van der Waals surface area contributed by atoms with Crippen molar-refractivity contribution in [1.29, 1.82) is 0 Å². The van der Waals surface area contributed by atoms with Gasteiger partial charge in [-0.3, -0.25) is 0 Å². The number of alkyl halides is 2. The number of aromatic nitrogens is 1. The predicted octanol–water partition coefficient (Wildman–Crippen LogP) is 3.27. The molecular formula is C10H6F4N2OS. The van der Waals surface area contributed by atoms with Crippen LogP contribution < -0.4 is 10.5 Å². The molecule has 0 radical (unpaired) electrons. The van der Waals surface area contributed by atoms with E-state index >= 15 is 0 Å². The zero-order valence-corrected chi connectivity index (χ0v) is 9.48. The van der Waals surface area contributed by atoms with E-state index in [0.29, 0.717) is 0 Å². The number of ether oxygens (including phenoxy) is 1. The van der Waals surface area contributed by atoms with Crippen molar-refractivity contribution < 1.29 is 22.3 Å². The minimum Gasteiger partial charge on any atom is -0.429 e. The molecule has 8 heteroatoms. The Balaban J connectivity index is 2.42. The summed E-state index contributed by atoms with van der Waals surface area (Å²) in [6.45, 7) is -3.30. The Hall–Kier alpha value is -1.83. The highest BCUT2D eigenvalue weighted by Gasteiger charge is 2.18. The molecule has 3 nitrogen and oxygen atoms in total. The second-order valence-electron chi connectivity index (χ2n) is 3.22. The summed E-state index contributed by atoms with van der Waals surface area (Å²) in [7, 11) is 0. The molecule has 0 aliphatic rings. The summed E-state index contributed by atoms with van der Waals surface area (Å²) in [6, 6.07) is 1.71. The smallest absolute Gasteiger partial charge is 0.387 e. The van der Waals surface area contributed by atoms with Gasteiger partial charge in [-0.05, 0) is 12.1 Å². The van der Waals surface area contributed by atoms with Crippen molar-refractivity contribution in [3.8, 4) is 17.0 Å². The first-order valence-electron chi connectivity index (χ1n) is 4.62. The lowest BCUT2D eigenvalue weighted by Crippen LogP contribution is -2.06. The number of halogens is 4. The van der Waals surface area contributed by atoms with Crippen molar-refractivity contribution in [1.82, 2.24) is 4.98 Å². The first-order valence-corrected chi connectivity index (χ1v) is 5.50. The number of hydrogen-bond acceptors (Lipinski definition) is 4. The third-order valence-corrected chi connectivity index (χ3v) is 2.70. The third-order valence-electron chi connectivity index (χ3n) is 2.02. The van der Waals surface area contributed by atoms with E-state index < -0.39 is 24.0 Å². The maximum absolute atomic E-state index is 13.4. The third kappa shape index (κ3) is 2.53. The molecule has 0 saturated heterocycles. The van der Waals surface area contributed by atoms with Gasteiger partial charge in [0.1, 0.15) is 0 Å². The molecule has 0 fully saturated rings. The van der Waals surface area contributed by atoms with Gasteiger partial charge in [0, 0.05) is 10.9 Å². The van der Waals surface area contributed by atoms with E-state index in [0.717, 1.165) is 23.5 Å². The van der Waals surface area contributed by atoms with Crippen LogP contribution in [0.25, 0.3) is 11.3 Å². The van der Waals surface area contributed by atoms with Gasteiger partial charge in [-0.15, -0.1) is 11.3 Å². The van der Waals surface area contributed by atoms with Crippen LogP contribution in [0.5, 0.6) is 5.75 Å². The second kappa shape index (κ2) is 4.81. The number of nitrogens with zero attached hydrogens (tertiary/aromatic N) is 1. The monoisotopic (exact) mass is 278 g/mol. The van der Waals surface area contributed by atoms with Crippen molar-refractivity contribution in [2.45, 2.75) is 6.61 Å². The van der Waals surface area contributed by atoms with Gasteiger partial charge in [0.15, 0.2) is 22.5 Å². The SMILES string of the molecule is Nc1nc(-c2cc(F)c(OC(F)F)c(F)c2)cs1. The summed E-state index contributed by atoms with van der Waals surface area (Å²) in [5, 5.41) is 1.73. The number of benzene rings is 1. The molecule has 0 saturated carbocycles. The molecule has 18 heavy (non-hydrogen) atoms. The van der Waals surface area contributed by atoms with Gasteiger partial charge in [-0.1, -0.05) is 0 Å². The van der Waals surface area contributed by atoms with Crippen LogP contribution in [-0.4, -0.2) is 11.6 Å². The largest absolute Gasteiger partial charge is 0.429 e. The number of thiazole rings is 1. The standard InChI is InChI=1S/C10H6F4N2OS/c11-5-1-4(7-3-18-10(15)16-7)2-6(12)8(5)17-9(13)14/h1-3,9H,(H2,15,16). The number of nitrogens with two attached hydrogens (primary N) is 1. The molecule has 0 amide bonds. The van der Waals surface area contributed by atoms with Gasteiger partial charge < -0.3 is 10.5 Å². The topological polar surface area (TPSA) is 48.1 Å². The quantitative estimate of drug-likeness (QED) is 0.876. The van der Waals surface area contributed by atoms with Crippen LogP contribution in [0.4, 0.5) is 22.7 Å². The van der Waals surface area contributed by atoms with Gasteiger partial charge in [0.05, 0.1) is 5.69 Å². The van der Waals surface area contributed by atoms with Crippen LogP contribution in [0.2, 0.25) is 0 Å². The predicted molar refractivity (Wildman–Crippen MR) is 58.5 cm³/mol. The fourth-order valence-corrected chi connectivity index (χ4v) is 1.90. The maximum atomic E-state index is 13.4. The zero-order chi connectivity index (χ0) is 13.3. The van der Waals surface area contributed by atoms with Crippen molar-refractivity contribution in [3.63, 3.8) is 0 Å². The van der Waals surface area contributed by atoms with E-state index in [2.05, 4.69) is 9.72 Å². The molecule has 1 aromatic heterocycles. The zero-order valence-electron chi connectivity index (χ0n) is 8.66. The molecule has 96 valence electrons. The van der Waals surface area contributed by atoms with E-state index in [1.807, 2.05) is 0 Å². The summed E-state index contributed by atoms with van der Waals surface area (Å²) in [4.78, 5) is 3.83. The summed E-state index contributed by atoms with van der Waals surface area (Å²) in [5.74, 6) is -3.56. The summed E-state index contributed by atoms with van der Waals surface area (Å²) in [5.41, 5.74) is 5.74. The van der Waals surface area contributed by atoms with Gasteiger partial charge in [0.25, 0.3) is 0 Å². The molecule has 0 bridgehead atoms. The van der Waals surface area contributed by atoms with Crippen LogP contribution in [0.1, 0.15) is 0 Å². The summed E-state index contributed by atoms with van der Waals surface area (Å²) in [6.07, 6.45) is 0. The van der Waals surface area contributed by atoms with Gasteiger partial charge in [-0.2, -0.15) is 8.78 Å². The Kier molecular flexibility index (Phi) is 3.37. The number of nitrogen functional groups attached to an aromatic ring is 1. The fourth-order valence-electron chi connectivity index (χ4n) is 1.33. The Labute approximate surface area is 103 Å². The minimum atomic E-state index is -3.30. The van der Waals surface area contributed by atoms with E-state index in [1.54, 1.807) is 0 Å². The molecule has 1 aromatic carbocycles. The molecular weight excluding hydrogens is 272 g/mol. The molecule has 0 atom stereocenters. The fraction of sp³-hybridized carbons (Fsp3) is 0.100. The van der Waals surface area contributed by atoms with Crippen molar-refractivity contribution in [2.24, 2.45) is 0 Å². The molecule has 2 rings (SSSR count). The Bertz CT molecular complexity index is 550. The highest BCUT2D eigenvalue weighted by atomic mass is 32.1. The molecule has 2 N–H and O–H groups in total. The number of anilines is 1. The van der Waals surface area contributed by atoms with E-state index in [1.165, 1.54) is 5.38 Å². The number of rotatable bonds is 3. The lowest BCUT2D eigenvalue weighted by atomic mass is 10.1. The van der Waals surface area contributed by atoms with Crippen LogP contribution in [0, 0.1) is 11.6 Å². The highest BCUT2D eigenvalue weighted by Crippen LogP contribution is 2.30. The molecule has 0 aliphatic heterocycles. The van der Waals surface area contributed by atoms with E-state index in [4.69, 9.17) is 5.73 Å². The molecule has 0 spiro atoms. The lowest BCUT2D eigenvalue weighted by Gasteiger charge is -2.08. The molecule has 2 aromatic rings. The average Bonchev–Trinajstić information content (AvgIpc) is 2.70. The Morgan fingerprint density at radius 1 is 1.22 bits per heavy atom. The maximum Gasteiger partial charge on any atom is 0.387 e. The minimum absolute atomic E-state index is 0.0968. The average molecular weight is 278 g/mol. The van der Waals surface area contributed by atoms with E-state index in [-0.39, 0.29) is 16.4 Å². The number of hydrogen-bond donors (Lipinski definition) is 1. The van der Waals surface area contributed by atoms with Gasteiger partial charge in [-0.25, -0.2) is 13.8 Å². The van der Waals surface area contributed by atoms with Crippen LogP contribution in [-0.2, 0) is 0 Å². The van der Waals surface area contributed by atoms with Crippen molar-refractivity contribution in [3.05, 3.63) is 29.1 Å². The van der Waals surface area contributed by atoms with Crippen LogP contribution in [0.3, 0.4) is 0 Å². The first-order chi connectivity index (χ1) is 8.47. The molecule has 0 aliphatic carbocycles. The van der Waals surface area contributed by atoms with Gasteiger partial charge >= 0.3 is 6.61 Å². The van der Waals surface area contributed by atoms with Crippen molar-refractivity contribution >= 4 is 16.5 Å². The van der Waals surface area contributed by atoms with Crippen molar-refractivity contribution in [2.75, 3.05) is 5.73 Å². The summed E-state index contributed by atoms with van der Waals surface area (Å²) < 4.78 is 54.4. The normalized spacial score (nSPS) is 10.9. The molecule has 1 heterocycles. The Morgan fingerprint density at radius 2 is 1.83 bits per heavy atom. The highest BCUT2D eigenvalue weighted by molar-refractivity contribution is 7.13. The van der Waals surface area contributed by atoms with Gasteiger partial charge in [0.2, 0.25) is 0 Å². The summed E-state index contributed by atoms with van der Waals surface area (Å²) >= 11 is 1.10. The van der Waals surface area contributed by atoms with Crippen LogP contribution >= 0.6 is 11.3 Å². The van der Waals surface area contributed by atoms with Crippen LogP contribution in [0.15, 0.2) is 17.5 Å². The van der Waals surface area contributed by atoms with E-state index in [9.17, 15) is 17.6 Å². The lowest BCUT2D eigenvalue weighted by molar-refractivity contribution is -0.0546.